The summed E-state index contributed by atoms with van der Waals surface area (Å²) in [5.74, 6) is -2.36. The van der Waals surface area contributed by atoms with Gasteiger partial charge >= 0.3 is 5.97 Å². The molecule has 0 aliphatic rings. The topological polar surface area (TPSA) is 116 Å². The minimum absolute atomic E-state index is 0.275. The van der Waals surface area contributed by atoms with Crippen molar-refractivity contribution in [3.8, 4) is 0 Å². The summed E-state index contributed by atoms with van der Waals surface area (Å²) in [6.07, 6.45) is -1.65. The van der Waals surface area contributed by atoms with Crippen LogP contribution < -0.4 is 10.6 Å². The van der Waals surface area contributed by atoms with E-state index in [-0.39, 0.29) is 12.5 Å². The molecule has 4 N–H and O–H groups in total. The van der Waals surface area contributed by atoms with Gasteiger partial charge in [0.15, 0.2) is 6.10 Å². The van der Waals surface area contributed by atoms with Crippen LogP contribution in [0.4, 0.5) is 0 Å². The Labute approximate surface area is 106 Å². The fraction of sp³-hybridized carbons (Fsp3) is 0.300. The molecular formula is C10H12N2O5S. The van der Waals surface area contributed by atoms with Gasteiger partial charge in [0.1, 0.15) is 0 Å². The zero-order valence-corrected chi connectivity index (χ0v) is 10.1. The van der Waals surface area contributed by atoms with Crippen molar-refractivity contribution in [2.24, 2.45) is 0 Å². The van der Waals surface area contributed by atoms with E-state index in [1.54, 1.807) is 17.5 Å². The average Bonchev–Trinajstić information content (AvgIpc) is 2.86. The number of aliphatic hydroxyl groups is 1. The van der Waals surface area contributed by atoms with Crippen molar-refractivity contribution >= 4 is 29.1 Å². The third-order valence-corrected chi connectivity index (χ3v) is 2.80. The van der Waals surface area contributed by atoms with Gasteiger partial charge in [-0.15, -0.1) is 11.3 Å². The van der Waals surface area contributed by atoms with Crippen LogP contribution in [0.25, 0.3) is 0 Å². The van der Waals surface area contributed by atoms with Crippen LogP contribution in [0.2, 0.25) is 0 Å². The van der Waals surface area contributed by atoms with Gasteiger partial charge in [0, 0.05) is 0 Å². The number of rotatable bonds is 6. The van der Waals surface area contributed by atoms with Gasteiger partial charge in [-0.3, -0.25) is 9.59 Å². The molecule has 0 bridgehead atoms. The summed E-state index contributed by atoms with van der Waals surface area (Å²) in [6.45, 7) is -0.674. The predicted octanol–water partition coefficient (Wildman–Crippen LogP) is -0.960. The first-order valence-electron chi connectivity index (χ1n) is 5.00. The number of aliphatic hydroxyl groups excluding tert-OH is 1. The van der Waals surface area contributed by atoms with E-state index in [0.717, 1.165) is 0 Å². The highest BCUT2D eigenvalue weighted by molar-refractivity contribution is 7.12. The quantitative estimate of drug-likeness (QED) is 0.532. The van der Waals surface area contributed by atoms with Crippen LogP contribution in [-0.4, -0.2) is 47.2 Å². The smallest absolute Gasteiger partial charge is 0.334 e. The molecule has 1 aromatic rings. The second kappa shape index (κ2) is 6.72. The first kappa shape index (κ1) is 14.1. The molecule has 0 fully saturated rings. The van der Waals surface area contributed by atoms with E-state index in [4.69, 9.17) is 10.2 Å². The number of carbonyl (C=O) groups is 3. The third-order valence-electron chi connectivity index (χ3n) is 1.93. The standard InChI is InChI=1S/C10H12N2O5S/c13-6(10(16)17)4-11-8(14)5-12-9(15)7-2-1-3-18-7/h1-3,6,13H,4-5H2,(H,11,14)(H,12,15)(H,16,17)/t6-/m0/s1. The highest BCUT2D eigenvalue weighted by atomic mass is 32.1. The summed E-state index contributed by atoms with van der Waals surface area (Å²) in [5, 5.41) is 23.6. The van der Waals surface area contributed by atoms with Crippen LogP contribution in [0, 0.1) is 0 Å². The van der Waals surface area contributed by atoms with Crippen LogP contribution in [0.1, 0.15) is 9.67 Å². The summed E-state index contributed by atoms with van der Waals surface area (Å²) < 4.78 is 0. The van der Waals surface area contributed by atoms with Crippen molar-refractivity contribution in [2.75, 3.05) is 13.1 Å². The minimum atomic E-state index is -1.65. The predicted molar refractivity (Wildman–Crippen MR) is 63.3 cm³/mol. The molecule has 1 rings (SSSR count). The molecule has 0 spiro atoms. The summed E-state index contributed by atoms with van der Waals surface area (Å²) in [4.78, 5) is 33.4. The van der Waals surface area contributed by atoms with E-state index in [0.29, 0.717) is 4.88 Å². The van der Waals surface area contributed by atoms with Crippen molar-refractivity contribution in [1.29, 1.82) is 0 Å². The number of aliphatic carboxylic acids is 1. The summed E-state index contributed by atoms with van der Waals surface area (Å²) in [6, 6.07) is 3.33. The zero-order chi connectivity index (χ0) is 13.5. The van der Waals surface area contributed by atoms with Gasteiger partial charge in [-0.2, -0.15) is 0 Å². The molecule has 0 saturated heterocycles. The number of hydrogen-bond donors (Lipinski definition) is 4. The average molecular weight is 272 g/mol. The summed E-state index contributed by atoms with van der Waals surface area (Å²) >= 11 is 1.24. The molecule has 18 heavy (non-hydrogen) atoms. The normalized spacial score (nSPS) is 11.6. The molecule has 0 aromatic carbocycles. The first-order valence-corrected chi connectivity index (χ1v) is 5.88. The molecule has 1 aromatic heterocycles. The summed E-state index contributed by atoms with van der Waals surface area (Å²) in [5.41, 5.74) is 0. The molecule has 2 amide bonds. The molecule has 0 radical (unpaired) electrons. The fourth-order valence-corrected chi connectivity index (χ4v) is 1.66. The van der Waals surface area contributed by atoms with Gasteiger partial charge in [0.05, 0.1) is 18.0 Å². The van der Waals surface area contributed by atoms with Crippen molar-refractivity contribution in [3.63, 3.8) is 0 Å². The largest absolute Gasteiger partial charge is 0.479 e. The second-order valence-corrected chi connectivity index (χ2v) is 4.27. The molecule has 1 heterocycles. The highest BCUT2D eigenvalue weighted by Crippen LogP contribution is 2.07. The van der Waals surface area contributed by atoms with E-state index >= 15 is 0 Å². The number of thiophene rings is 1. The van der Waals surface area contributed by atoms with E-state index in [1.165, 1.54) is 11.3 Å². The Bertz CT molecular complexity index is 431. The van der Waals surface area contributed by atoms with E-state index < -0.39 is 24.5 Å². The SMILES string of the molecule is O=C(CNC(=O)c1cccs1)NC[C@H](O)C(=O)O. The van der Waals surface area contributed by atoms with Gasteiger partial charge in [-0.05, 0) is 11.4 Å². The number of hydrogen-bond acceptors (Lipinski definition) is 5. The monoisotopic (exact) mass is 272 g/mol. The van der Waals surface area contributed by atoms with Gasteiger partial charge in [-0.1, -0.05) is 6.07 Å². The Morgan fingerprint density at radius 2 is 2.06 bits per heavy atom. The molecule has 7 nitrogen and oxygen atoms in total. The van der Waals surface area contributed by atoms with Gasteiger partial charge < -0.3 is 20.8 Å². The lowest BCUT2D eigenvalue weighted by Gasteiger charge is -2.08. The lowest BCUT2D eigenvalue weighted by molar-refractivity contribution is -0.146. The maximum atomic E-state index is 11.4. The van der Waals surface area contributed by atoms with Crippen LogP contribution in [0.3, 0.4) is 0 Å². The lowest BCUT2D eigenvalue weighted by atomic mass is 10.3. The molecule has 0 unspecified atom stereocenters. The van der Waals surface area contributed by atoms with Crippen LogP contribution in [-0.2, 0) is 9.59 Å². The van der Waals surface area contributed by atoms with Crippen LogP contribution in [0.5, 0.6) is 0 Å². The maximum absolute atomic E-state index is 11.4. The van der Waals surface area contributed by atoms with Crippen molar-refractivity contribution in [3.05, 3.63) is 22.4 Å². The van der Waals surface area contributed by atoms with Crippen molar-refractivity contribution in [1.82, 2.24) is 10.6 Å². The van der Waals surface area contributed by atoms with Gasteiger partial charge in [0.2, 0.25) is 5.91 Å². The second-order valence-electron chi connectivity index (χ2n) is 3.32. The Hall–Kier alpha value is -1.93. The number of amides is 2. The van der Waals surface area contributed by atoms with Crippen molar-refractivity contribution < 1.29 is 24.6 Å². The molecule has 0 aliphatic heterocycles. The maximum Gasteiger partial charge on any atom is 0.334 e. The Kier molecular flexibility index (Phi) is 5.28. The van der Waals surface area contributed by atoms with Gasteiger partial charge in [-0.25, -0.2) is 4.79 Å². The van der Waals surface area contributed by atoms with E-state index in [1.807, 2.05) is 0 Å². The number of carboxylic acid groups (broad SMARTS) is 1. The Morgan fingerprint density at radius 1 is 1.33 bits per heavy atom. The molecule has 1 atom stereocenters. The number of carboxylic acids is 1. The minimum Gasteiger partial charge on any atom is -0.479 e. The third kappa shape index (κ3) is 4.52. The first-order chi connectivity index (χ1) is 8.50. The Balaban J connectivity index is 2.25. The molecule has 8 heteroatoms. The lowest BCUT2D eigenvalue weighted by Crippen LogP contribution is -2.41. The van der Waals surface area contributed by atoms with Crippen molar-refractivity contribution in [2.45, 2.75) is 6.10 Å². The van der Waals surface area contributed by atoms with E-state index in [2.05, 4.69) is 10.6 Å². The molecular weight excluding hydrogens is 260 g/mol. The number of nitrogens with one attached hydrogen (secondary N) is 2. The molecule has 0 saturated carbocycles. The molecule has 98 valence electrons. The zero-order valence-electron chi connectivity index (χ0n) is 9.25. The van der Waals surface area contributed by atoms with Crippen LogP contribution >= 0.6 is 11.3 Å². The van der Waals surface area contributed by atoms with E-state index in [9.17, 15) is 14.4 Å². The fourth-order valence-electron chi connectivity index (χ4n) is 1.02. The Morgan fingerprint density at radius 3 is 2.61 bits per heavy atom. The number of carbonyl (C=O) groups excluding carboxylic acids is 2. The summed E-state index contributed by atoms with van der Waals surface area (Å²) in [7, 11) is 0. The van der Waals surface area contributed by atoms with Gasteiger partial charge in [0.25, 0.3) is 5.91 Å². The molecule has 0 aliphatic carbocycles. The highest BCUT2D eigenvalue weighted by Gasteiger charge is 2.14. The van der Waals surface area contributed by atoms with Crippen LogP contribution in [0.15, 0.2) is 17.5 Å².